The van der Waals surface area contributed by atoms with Crippen LogP contribution in [0.1, 0.15) is 6.92 Å². The number of hydrogen-bond donors (Lipinski definition) is 0. The Kier molecular flexibility index (Phi) is 3.33. The number of imidazole rings is 1. The van der Waals surface area contributed by atoms with Crippen LogP contribution in [-0.2, 0) is 6.54 Å². The van der Waals surface area contributed by atoms with Crippen molar-refractivity contribution in [2.45, 2.75) is 13.5 Å². The fourth-order valence-electron chi connectivity index (χ4n) is 2.32. The van der Waals surface area contributed by atoms with E-state index in [0.717, 1.165) is 39.6 Å². The third-order valence-electron chi connectivity index (χ3n) is 3.19. The highest BCUT2D eigenvalue weighted by Crippen LogP contribution is 2.26. The average molecular weight is 283 g/mol. The molecule has 1 aromatic heterocycles. The van der Waals surface area contributed by atoms with E-state index in [4.69, 9.17) is 16.6 Å². The van der Waals surface area contributed by atoms with Crippen molar-refractivity contribution in [3.8, 4) is 11.4 Å². The Labute approximate surface area is 123 Å². The number of halogens is 1. The second-order valence-electron chi connectivity index (χ2n) is 4.97. The lowest BCUT2D eigenvalue weighted by molar-refractivity contribution is 0.820. The van der Waals surface area contributed by atoms with Gasteiger partial charge in [0.2, 0.25) is 0 Å². The van der Waals surface area contributed by atoms with Gasteiger partial charge >= 0.3 is 0 Å². The van der Waals surface area contributed by atoms with E-state index in [1.165, 1.54) is 0 Å². The standard InChI is InChI=1S/C17H15ClN2/c1-12(2)11-20-16-6-4-3-5-15(16)19-17(20)13-7-9-14(18)10-8-13/h3-10H,1,11H2,2H3. The van der Waals surface area contributed by atoms with Gasteiger partial charge in [0, 0.05) is 17.1 Å². The van der Waals surface area contributed by atoms with E-state index in [1.54, 1.807) is 0 Å². The molecule has 0 aliphatic heterocycles. The van der Waals surface area contributed by atoms with Gasteiger partial charge in [-0.05, 0) is 43.3 Å². The molecule has 3 heteroatoms. The molecule has 100 valence electrons. The summed E-state index contributed by atoms with van der Waals surface area (Å²) in [7, 11) is 0. The lowest BCUT2D eigenvalue weighted by atomic mass is 10.2. The predicted octanol–water partition coefficient (Wildman–Crippen LogP) is 4.93. The third-order valence-corrected chi connectivity index (χ3v) is 3.44. The minimum atomic E-state index is 0.733. The molecule has 1 heterocycles. The van der Waals surface area contributed by atoms with Crippen LogP contribution >= 0.6 is 11.6 Å². The second kappa shape index (κ2) is 5.14. The number of benzene rings is 2. The number of hydrogen-bond acceptors (Lipinski definition) is 1. The molecule has 0 saturated carbocycles. The monoisotopic (exact) mass is 282 g/mol. The van der Waals surface area contributed by atoms with Crippen LogP contribution in [0.3, 0.4) is 0 Å². The summed E-state index contributed by atoms with van der Waals surface area (Å²) in [6, 6.07) is 15.9. The zero-order chi connectivity index (χ0) is 14.1. The van der Waals surface area contributed by atoms with Crippen LogP contribution in [0, 0.1) is 0 Å². The number of fused-ring (bicyclic) bond motifs is 1. The summed E-state index contributed by atoms with van der Waals surface area (Å²) in [5, 5.41) is 0.733. The molecule has 3 aromatic rings. The molecule has 0 atom stereocenters. The lowest BCUT2D eigenvalue weighted by Gasteiger charge is -2.09. The van der Waals surface area contributed by atoms with Crippen molar-refractivity contribution in [2.75, 3.05) is 0 Å². The fraction of sp³-hybridized carbons (Fsp3) is 0.118. The van der Waals surface area contributed by atoms with E-state index >= 15 is 0 Å². The minimum absolute atomic E-state index is 0.733. The largest absolute Gasteiger partial charge is 0.320 e. The Hall–Kier alpha value is -2.06. The van der Waals surface area contributed by atoms with Gasteiger partial charge < -0.3 is 4.57 Å². The number of allylic oxidation sites excluding steroid dienone is 1. The number of nitrogens with zero attached hydrogens (tertiary/aromatic N) is 2. The van der Waals surface area contributed by atoms with Gasteiger partial charge in [0.15, 0.2) is 0 Å². The quantitative estimate of drug-likeness (QED) is 0.623. The first-order valence-electron chi connectivity index (χ1n) is 6.51. The smallest absolute Gasteiger partial charge is 0.141 e. The van der Waals surface area contributed by atoms with Crippen LogP contribution < -0.4 is 0 Å². The highest BCUT2D eigenvalue weighted by molar-refractivity contribution is 6.30. The first kappa shape index (κ1) is 12.9. The molecule has 3 rings (SSSR count). The zero-order valence-corrected chi connectivity index (χ0v) is 12.1. The molecule has 0 radical (unpaired) electrons. The molecule has 0 fully saturated rings. The molecule has 2 nitrogen and oxygen atoms in total. The molecule has 0 unspecified atom stereocenters. The summed E-state index contributed by atoms with van der Waals surface area (Å²) in [6.07, 6.45) is 0. The van der Waals surface area contributed by atoms with Gasteiger partial charge in [-0.1, -0.05) is 35.9 Å². The Morgan fingerprint density at radius 3 is 2.55 bits per heavy atom. The van der Waals surface area contributed by atoms with Crippen molar-refractivity contribution < 1.29 is 0 Å². The van der Waals surface area contributed by atoms with Crippen LogP contribution in [0.4, 0.5) is 0 Å². The second-order valence-corrected chi connectivity index (χ2v) is 5.41. The van der Waals surface area contributed by atoms with Gasteiger partial charge in [0.05, 0.1) is 11.0 Å². The summed E-state index contributed by atoms with van der Waals surface area (Å²) >= 11 is 5.96. The Bertz CT molecular complexity index is 769. The van der Waals surface area contributed by atoms with Crippen molar-refractivity contribution in [2.24, 2.45) is 0 Å². The van der Waals surface area contributed by atoms with Gasteiger partial charge in [0.1, 0.15) is 5.82 Å². The van der Waals surface area contributed by atoms with Gasteiger partial charge in [0.25, 0.3) is 0 Å². The molecule has 2 aromatic carbocycles. The highest BCUT2D eigenvalue weighted by Gasteiger charge is 2.12. The fourth-order valence-corrected chi connectivity index (χ4v) is 2.45. The lowest BCUT2D eigenvalue weighted by Crippen LogP contribution is -2.01. The predicted molar refractivity (Wildman–Crippen MR) is 85.0 cm³/mol. The maximum absolute atomic E-state index is 5.96. The Balaban J connectivity index is 2.23. The van der Waals surface area contributed by atoms with E-state index in [2.05, 4.69) is 17.2 Å². The summed E-state index contributed by atoms with van der Waals surface area (Å²) in [5.74, 6) is 0.950. The van der Waals surface area contributed by atoms with E-state index in [1.807, 2.05) is 49.4 Å². The van der Waals surface area contributed by atoms with Gasteiger partial charge in [-0.25, -0.2) is 4.98 Å². The van der Waals surface area contributed by atoms with Gasteiger partial charge in [-0.3, -0.25) is 0 Å². The summed E-state index contributed by atoms with van der Waals surface area (Å²) in [6.45, 7) is 6.81. The van der Waals surface area contributed by atoms with Crippen LogP contribution in [-0.4, -0.2) is 9.55 Å². The number of aromatic nitrogens is 2. The van der Waals surface area contributed by atoms with E-state index in [-0.39, 0.29) is 0 Å². The molecule has 20 heavy (non-hydrogen) atoms. The van der Waals surface area contributed by atoms with E-state index < -0.39 is 0 Å². The molecular formula is C17H15ClN2. The van der Waals surface area contributed by atoms with Crippen molar-refractivity contribution in [3.05, 3.63) is 65.7 Å². The van der Waals surface area contributed by atoms with Crippen LogP contribution in [0.25, 0.3) is 22.4 Å². The third kappa shape index (κ3) is 2.35. The van der Waals surface area contributed by atoms with Crippen LogP contribution in [0.15, 0.2) is 60.7 Å². The molecule has 0 aliphatic carbocycles. The summed E-state index contributed by atoms with van der Waals surface area (Å²) in [4.78, 5) is 4.74. The summed E-state index contributed by atoms with van der Waals surface area (Å²) in [5.41, 5.74) is 4.29. The molecule has 0 amide bonds. The summed E-state index contributed by atoms with van der Waals surface area (Å²) < 4.78 is 2.20. The van der Waals surface area contributed by atoms with Crippen LogP contribution in [0.5, 0.6) is 0 Å². The van der Waals surface area contributed by atoms with E-state index in [9.17, 15) is 0 Å². The first-order valence-corrected chi connectivity index (χ1v) is 6.88. The van der Waals surface area contributed by atoms with Gasteiger partial charge in [-0.15, -0.1) is 0 Å². The van der Waals surface area contributed by atoms with Crippen LogP contribution in [0.2, 0.25) is 5.02 Å². The maximum atomic E-state index is 5.96. The van der Waals surface area contributed by atoms with Gasteiger partial charge in [-0.2, -0.15) is 0 Å². The minimum Gasteiger partial charge on any atom is -0.320 e. The Morgan fingerprint density at radius 2 is 1.85 bits per heavy atom. The molecule has 0 aliphatic rings. The molecular weight excluding hydrogens is 268 g/mol. The molecule has 0 N–H and O–H groups in total. The highest BCUT2D eigenvalue weighted by atomic mass is 35.5. The number of rotatable bonds is 3. The van der Waals surface area contributed by atoms with Crippen molar-refractivity contribution in [1.82, 2.24) is 9.55 Å². The molecule has 0 bridgehead atoms. The Morgan fingerprint density at radius 1 is 1.15 bits per heavy atom. The SMILES string of the molecule is C=C(C)Cn1c(-c2ccc(Cl)cc2)nc2ccccc21. The topological polar surface area (TPSA) is 17.8 Å². The number of para-hydroxylation sites is 2. The molecule has 0 saturated heterocycles. The maximum Gasteiger partial charge on any atom is 0.141 e. The van der Waals surface area contributed by atoms with Crippen molar-refractivity contribution >= 4 is 22.6 Å². The first-order chi connectivity index (χ1) is 9.65. The molecule has 0 spiro atoms. The van der Waals surface area contributed by atoms with Crippen molar-refractivity contribution in [3.63, 3.8) is 0 Å². The zero-order valence-electron chi connectivity index (χ0n) is 11.3. The average Bonchev–Trinajstić information content (AvgIpc) is 2.78. The van der Waals surface area contributed by atoms with E-state index in [0.29, 0.717) is 0 Å². The van der Waals surface area contributed by atoms with Crippen molar-refractivity contribution in [1.29, 1.82) is 0 Å². The normalized spacial score (nSPS) is 10.9.